The maximum atomic E-state index is 11.8. The molecule has 1 aromatic carbocycles. The van der Waals surface area contributed by atoms with Crippen LogP contribution in [0.4, 0.5) is 5.82 Å². The van der Waals surface area contributed by atoms with Crippen molar-refractivity contribution in [1.29, 1.82) is 0 Å². The van der Waals surface area contributed by atoms with E-state index in [0.29, 0.717) is 18.0 Å². The summed E-state index contributed by atoms with van der Waals surface area (Å²) in [5.74, 6) is -0.191. The van der Waals surface area contributed by atoms with Gasteiger partial charge < -0.3 is 5.32 Å². The molecule has 0 bridgehead atoms. The van der Waals surface area contributed by atoms with Crippen molar-refractivity contribution in [3.05, 3.63) is 41.0 Å². The summed E-state index contributed by atoms with van der Waals surface area (Å²) < 4.78 is 25.5. The van der Waals surface area contributed by atoms with Crippen molar-refractivity contribution in [3.8, 4) is 0 Å². The van der Waals surface area contributed by atoms with E-state index in [4.69, 9.17) is 11.6 Å². The summed E-state index contributed by atoms with van der Waals surface area (Å²) >= 11 is 6.03. The molecule has 0 aliphatic carbocycles. The predicted octanol–water partition coefficient (Wildman–Crippen LogP) is 0.662. The third-order valence-corrected chi connectivity index (χ3v) is 3.76. The second-order valence-corrected chi connectivity index (χ2v) is 7.02. The summed E-state index contributed by atoms with van der Waals surface area (Å²) in [4.78, 5) is 11.8. The van der Waals surface area contributed by atoms with Gasteiger partial charge in [-0.15, -0.1) is 5.10 Å². The van der Waals surface area contributed by atoms with Gasteiger partial charge in [-0.1, -0.05) is 35.0 Å². The van der Waals surface area contributed by atoms with E-state index in [0.717, 1.165) is 11.8 Å². The molecule has 0 unspecified atom stereocenters. The summed E-state index contributed by atoms with van der Waals surface area (Å²) in [5.41, 5.74) is 0.954. The SMILES string of the molecule is CS(=O)(=O)Nc1cn(CC(=O)NCCc2ccccc2Cl)nn1. The van der Waals surface area contributed by atoms with E-state index in [9.17, 15) is 13.2 Å². The average molecular weight is 358 g/mol. The quantitative estimate of drug-likeness (QED) is 0.757. The number of sulfonamides is 1. The Kier molecular flexibility index (Phi) is 5.56. The lowest BCUT2D eigenvalue weighted by Crippen LogP contribution is -2.29. The molecule has 23 heavy (non-hydrogen) atoms. The van der Waals surface area contributed by atoms with Crippen LogP contribution in [0.1, 0.15) is 5.56 Å². The fraction of sp³-hybridized carbons (Fsp3) is 0.308. The molecule has 0 radical (unpaired) electrons. The van der Waals surface area contributed by atoms with Gasteiger partial charge in [0.05, 0.1) is 12.5 Å². The van der Waals surface area contributed by atoms with Gasteiger partial charge in [0.2, 0.25) is 15.9 Å². The Morgan fingerprint density at radius 2 is 2.09 bits per heavy atom. The normalized spacial score (nSPS) is 11.2. The van der Waals surface area contributed by atoms with Crippen molar-refractivity contribution in [3.63, 3.8) is 0 Å². The van der Waals surface area contributed by atoms with Crippen LogP contribution in [-0.2, 0) is 27.8 Å². The Morgan fingerprint density at radius 1 is 1.35 bits per heavy atom. The lowest BCUT2D eigenvalue weighted by atomic mass is 10.1. The number of nitrogens with one attached hydrogen (secondary N) is 2. The number of aromatic nitrogens is 3. The zero-order valence-corrected chi connectivity index (χ0v) is 13.9. The number of halogens is 1. The van der Waals surface area contributed by atoms with Crippen molar-refractivity contribution in [2.75, 3.05) is 17.5 Å². The molecular weight excluding hydrogens is 342 g/mol. The average Bonchev–Trinajstić information content (AvgIpc) is 2.85. The molecule has 0 atom stereocenters. The fourth-order valence-corrected chi connectivity index (χ4v) is 2.56. The topological polar surface area (TPSA) is 106 Å². The Bertz CT molecular complexity index is 790. The van der Waals surface area contributed by atoms with Crippen molar-refractivity contribution in [2.24, 2.45) is 0 Å². The first-order chi connectivity index (χ1) is 10.8. The van der Waals surface area contributed by atoms with Crippen LogP contribution in [-0.4, -0.2) is 42.1 Å². The molecule has 0 aliphatic heterocycles. The second kappa shape index (κ2) is 7.42. The number of benzene rings is 1. The van der Waals surface area contributed by atoms with Gasteiger partial charge in [-0.05, 0) is 18.1 Å². The molecule has 0 saturated heterocycles. The number of rotatable bonds is 7. The first kappa shape index (κ1) is 17.2. The molecule has 8 nitrogen and oxygen atoms in total. The zero-order chi connectivity index (χ0) is 16.9. The molecule has 1 amide bonds. The monoisotopic (exact) mass is 357 g/mol. The number of anilines is 1. The summed E-state index contributed by atoms with van der Waals surface area (Å²) in [7, 11) is -3.42. The van der Waals surface area contributed by atoms with Crippen molar-refractivity contribution in [2.45, 2.75) is 13.0 Å². The molecular formula is C13H16ClN5O3S. The lowest BCUT2D eigenvalue weighted by Gasteiger charge is -2.06. The summed E-state index contributed by atoms with van der Waals surface area (Å²) in [5, 5.41) is 10.7. The maximum Gasteiger partial charge on any atom is 0.241 e. The minimum absolute atomic E-state index is 0.0546. The number of hydrogen-bond acceptors (Lipinski definition) is 5. The van der Waals surface area contributed by atoms with Gasteiger partial charge in [0.1, 0.15) is 6.54 Å². The third-order valence-electron chi connectivity index (χ3n) is 2.81. The zero-order valence-electron chi connectivity index (χ0n) is 12.4. The van der Waals surface area contributed by atoms with Gasteiger partial charge in [-0.2, -0.15) is 0 Å². The standard InChI is InChI=1S/C13H16ClN5O3S/c1-23(21,22)17-12-8-19(18-16-12)9-13(20)15-7-6-10-4-2-3-5-11(10)14/h2-5,8,17H,6-7,9H2,1H3,(H,15,20). The van der Waals surface area contributed by atoms with Crippen LogP contribution < -0.4 is 10.0 Å². The minimum atomic E-state index is -3.42. The van der Waals surface area contributed by atoms with Crippen molar-refractivity contribution in [1.82, 2.24) is 20.3 Å². The van der Waals surface area contributed by atoms with E-state index in [2.05, 4.69) is 20.4 Å². The Balaban J connectivity index is 1.80. The van der Waals surface area contributed by atoms with E-state index in [-0.39, 0.29) is 18.3 Å². The largest absolute Gasteiger partial charge is 0.354 e. The highest BCUT2D eigenvalue weighted by atomic mass is 35.5. The van der Waals surface area contributed by atoms with E-state index in [1.54, 1.807) is 6.07 Å². The Labute approximate surface area is 138 Å². The predicted molar refractivity (Wildman–Crippen MR) is 86.7 cm³/mol. The lowest BCUT2D eigenvalue weighted by molar-refractivity contribution is -0.121. The van der Waals surface area contributed by atoms with Gasteiger partial charge in [0.25, 0.3) is 0 Å². The van der Waals surface area contributed by atoms with Crippen LogP contribution in [0.25, 0.3) is 0 Å². The first-order valence-electron chi connectivity index (χ1n) is 6.71. The summed E-state index contributed by atoms with van der Waals surface area (Å²) in [6.07, 6.45) is 2.96. The number of carbonyl (C=O) groups is 1. The van der Waals surface area contributed by atoms with Crippen LogP contribution in [0.15, 0.2) is 30.5 Å². The molecule has 0 saturated carbocycles. The summed E-state index contributed by atoms with van der Waals surface area (Å²) in [6.45, 7) is 0.382. The van der Waals surface area contributed by atoms with E-state index < -0.39 is 10.0 Å². The molecule has 0 aliphatic rings. The molecule has 2 rings (SSSR count). The second-order valence-electron chi connectivity index (χ2n) is 4.87. The van der Waals surface area contributed by atoms with Crippen LogP contribution in [0.3, 0.4) is 0 Å². The molecule has 10 heteroatoms. The third kappa shape index (κ3) is 5.87. The molecule has 2 N–H and O–H groups in total. The molecule has 1 aromatic heterocycles. The molecule has 0 fully saturated rings. The van der Waals surface area contributed by atoms with Gasteiger partial charge in [-0.3, -0.25) is 9.52 Å². The summed E-state index contributed by atoms with van der Waals surface area (Å²) in [6, 6.07) is 7.42. The van der Waals surface area contributed by atoms with E-state index >= 15 is 0 Å². The Morgan fingerprint density at radius 3 is 2.78 bits per heavy atom. The first-order valence-corrected chi connectivity index (χ1v) is 8.98. The molecule has 1 heterocycles. The fourth-order valence-electron chi connectivity index (χ4n) is 1.85. The highest BCUT2D eigenvalue weighted by Crippen LogP contribution is 2.14. The highest BCUT2D eigenvalue weighted by Gasteiger charge is 2.09. The van der Waals surface area contributed by atoms with Crippen LogP contribution in [0, 0.1) is 0 Å². The molecule has 0 spiro atoms. The van der Waals surface area contributed by atoms with Crippen LogP contribution in [0.2, 0.25) is 5.02 Å². The van der Waals surface area contributed by atoms with Crippen LogP contribution >= 0.6 is 11.6 Å². The number of carbonyl (C=O) groups excluding carboxylic acids is 1. The minimum Gasteiger partial charge on any atom is -0.354 e. The van der Waals surface area contributed by atoms with Gasteiger partial charge >= 0.3 is 0 Å². The van der Waals surface area contributed by atoms with Gasteiger partial charge in [0, 0.05) is 11.6 Å². The van der Waals surface area contributed by atoms with Crippen molar-refractivity contribution < 1.29 is 13.2 Å². The number of amides is 1. The molecule has 124 valence electrons. The van der Waals surface area contributed by atoms with Gasteiger partial charge in [0.15, 0.2) is 5.82 Å². The number of hydrogen-bond donors (Lipinski definition) is 2. The smallest absolute Gasteiger partial charge is 0.241 e. The number of nitrogens with zero attached hydrogens (tertiary/aromatic N) is 3. The van der Waals surface area contributed by atoms with Crippen LogP contribution in [0.5, 0.6) is 0 Å². The van der Waals surface area contributed by atoms with Gasteiger partial charge in [-0.25, -0.2) is 13.1 Å². The Hall–Kier alpha value is -2.13. The van der Waals surface area contributed by atoms with E-state index in [1.165, 1.54) is 10.9 Å². The highest BCUT2D eigenvalue weighted by molar-refractivity contribution is 7.92. The van der Waals surface area contributed by atoms with Crippen molar-refractivity contribution >= 4 is 33.3 Å². The maximum absolute atomic E-state index is 11.8. The van der Waals surface area contributed by atoms with E-state index in [1.807, 2.05) is 18.2 Å². The molecule has 2 aromatic rings.